The third kappa shape index (κ3) is 6.42. The second kappa shape index (κ2) is 11.5. The van der Waals surface area contributed by atoms with E-state index in [2.05, 4.69) is 44.3 Å². The Morgan fingerprint density at radius 1 is 0.800 bits per heavy atom. The van der Waals surface area contributed by atoms with Gasteiger partial charge in [-0.25, -0.2) is 4.39 Å². The fourth-order valence-corrected chi connectivity index (χ4v) is 6.04. The summed E-state index contributed by atoms with van der Waals surface area (Å²) in [6, 6.07) is 16.0. The van der Waals surface area contributed by atoms with E-state index in [1.807, 2.05) is 12.1 Å². The van der Waals surface area contributed by atoms with Gasteiger partial charge in [0.1, 0.15) is 5.82 Å². The fraction of sp³-hybridized carbons (Fsp3) is 0.552. The molecule has 0 bridgehead atoms. The van der Waals surface area contributed by atoms with E-state index in [4.69, 9.17) is 0 Å². The summed E-state index contributed by atoms with van der Waals surface area (Å²) in [4.78, 5) is 20.1. The van der Waals surface area contributed by atoms with Crippen LogP contribution in [0.2, 0.25) is 0 Å². The predicted octanol–water partition coefficient (Wildman–Crippen LogP) is 5.13. The normalized spacial score (nSPS) is 21.2. The molecule has 6 heteroatoms. The summed E-state index contributed by atoms with van der Waals surface area (Å²) >= 11 is 0. The molecule has 1 amide bonds. The summed E-state index contributed by atoms with van der Waals surface area (Å²) < 4.78 is 13.2. The highest BCUT2D eigenvalue weighted by molar-refractivity contribution is 5.92. The molecule has 2 aliphatic heterocycles. The van der Waals surface area contributed by atoms with Crippen molar-refractivity contribution in [3.05, 3.63) is 59.9 Å². The van der Waals surface area contributed by atoms with E-state index >= 15 is 0 Å². The molecule has 5 nitrogen and oxygen atoms in total. The molecule has 188 valence electrons. The van der Waals surface area contributed by atoms with Crippen molar-refractivity contribution in [1.82, 2.24) is 9.80 Å². The molecular formula is C29H39FN4O. The number of nitrogens with one attached hydrogen (secondary N) is 1. The lowest BCUT2D eigenvalue weighted by Gasteiger charge is -2.39. The zero-order chi connectivity index (χ0) is 24.0. The number of hydrogen-bond acceptors (Lipinski definition) is 4. The number of amides is 1. The third-order valence-corrected chi connectivity index (χ3v) is 8.15. The van der Waals surface area contributed by atoms with E-state index in [9.17, 15) is 9.18 Å². The van der Waals surface area contributed by atoms with Gasteiger partial charge in [-0.15, -0.1) is 0 Å². The van der Waals surface area contributed by atoms with Crippen molar-refractivity contribution < 1.29 is 9.18 Å². The predicted molar refractivity (Wildman–Crippen MR) is 140 cm³/mol. The van der Waals surface area contributed by atoms with Crippen LogP contribution in [0.3, 0.4) is 0 Å². The highest BCUT2D eigenvalue weighted by atomic mass is 19.1. The average Bonchev–Trinajstić information content (AvgIpc) is 3.34. The molecular weight excluding hydrogens is 439 g/mol. The zero-order valence-electron chi connectivity index (χ0n) is 20.8. The van der Waals surface area contributed by atoms with Crippen LogP contribution < -0.4 is 10.2 Å². The van der Waals surface area contributed by atoms with Crippen LogP contribution in [0.25, 0.3) is 0 Å². The SMILES string of the molecule is O=C(Nc1ccc(N2CCC(N3CCCN(Cc4ccc(F)cc4)CC3)CC2)cc1)C1CCCC1. The molecule has 2 heterocycles. The van der Waals surface area contributed by atoms with E-state index in [1.165, 1.54) is 49.9 Å². The Bertz CT molecular complexity index is 950. The van der Waals surface area contributed by atoms with Gasteiger partial charge in [-0.05, 0) is 87.2 Å². The molecule has 0 radical (unpaired) electrons. The minimum absolute atomic E-state index is 0.163. The first kappa shape index (κ1) is 24.3. The van der Waals surface area contributed by atoms with Crippen molar-refractivity contribution in [2.45, 2.75) is 57.5 Å². The summed E-state index contributed by atoms with van der Waals surface area (Å²) in [5, 5.41) is 3.11. The van der Waals surface area contributed by atoms with Gasteiger partial charge >= 0.3 is 0 Å². The molecule has 1 saturated carbocycles. The van der Waals surface area contributed by atoms with Gasteiger partial charge in [-0.1, -0.05) is 25.0 Å². The van der Waals surface area contributed by atoms with Gasteiger partial charge in [-0.2, -0.15) is 0 Å². The van der Waals surface area contributed by atoms with Crippen molar-refractivity contribution >= 4 is 17.3 Å². The van der Waals surface area contributed by atoms with Gasteiger partial charge in [0.15, 0.2) is 0 Å². The van der Waals surface area contributed by atoms with Crippen LogP contribution in [-0.2, 0) is 11.3 Å². The Hall–Kier alpha value is -2.44. The lowest BCUT2D eigenvalue weighted by Crippen LogP contribution is -2.46. The molecule has 1 N–H and O–H groups in total. The quantitative estimate of drug-likeness (QED) is 0.625. The molecule has 0 spiro atoms. The Kier molecular flexibility index (Phi) is 7.99. The summed E-state index contributed by atoms with van der Waals surface area (Å²) in [6.45, 7) is 7.52. The number of halogens is 1. The van der Waals surface area contributed by atoms with Crippen LogP contribution in [0.4, 0.5) is 15.8 Å². The summed E-state index contributed by atoms with van der Waals surface area (Å²) in [5.41, 5.74) is 3.36. The highest BCUT2D eigenvalue weighted by Gasteiger charge is 2.27. The number of carbonyl (C=O) groups excluding carboxylic acids is 1. The maximum absolute atomic E-state index is 13.2. The number of nitrogens with zero attached hydrogens (tertiary/aromatic N) is 3. The van der Waals surface area contributed by atoms with Crippen molar-refractivity contribution in [2.75, 3.05) is 49.5 Å². The Labute approximate surface area is 209 Å². The van der Waals surface area contributed by atoms with Gasteiger partial charge in [0.2, 0.25) is 5.91 Å². The van der Waals surface area contributed by atoms with E-state index in [-0.39, 0.29) is 17.6 Å². The van der Waals surface area contributed by atoms with Crippen molar-refractivity contribution in [2.24, 2.45) is 5.92 Å². The van der Waals surface area contributed by atoms with Crippen LogP contribution in [0.15, 0.2) is 48.5 Å². The lowest BCUT2D eigenvalue weighted by molar-refractivity contribution is -0.119. The molecule has 3 fully saturated rings. The lowest BCUT2D eigenvalue weighted by atomic mass is 10.0. The molecule has 2 saturated heterocycles. The fourth-order valence-electron chi connectivity index (χ4n) is 6.04. The first-order chi connectivity index (χ1) is 17.1. The largest absolute Gasteiger partial charge is 0.371 e. The van der Waals surface area contributed by atoms with Crippen LogP contribution in [0.1, 0.15) is 50.5 Å². The maximum atomic E-state index is 13.2. The van der Waals surface area contributed by atoms with Crippen molar-refractivity contribution in [3.8, 4) is 0 Å². The maximum Gasteiger partial charge on any atom is 0.227 e. The van der Waals surface area contributed by atoms with Gasteiger partial charge in [-0.3, -0.25) is 14.6 Å². The zero-order valence-corrected chi connectivity index (χ0v) is 20.8. The van der Waals surface area contributed by atoms with E-state index in [0.717, 1.165) is 57.8 Å². The Morgan fingerprint density at radius 3 is 2.23 bits per heavy atom. The number of carbonyl (C=O) groups is 1. The smallest absolute Gasteiger partial charge is 0.227 e. The molecule has 5 rings (SSSR count). The minimum Gasteiger partial charge on any atom is -0.371 e. The first-order valence-corrected chi connectivity index (χ1v) is 13.5. The van der Waals surface area contributed by atoms with Crippen molar-refractivity contribution in [3.63, 3.8) is 0 Å². The van der Waals surface area contributed by atoms with Crippen molar-refractivity contribution in [1.29, 1.82) is 0 Å². The standard InChI is InChI=1S/C29H39FN4O/c30-25-8-6-23(7-9-25)22-32-16-3-17-33(21-20-32)28-14-18-34(19-15-28)27-12-10-26(11-13-27)31-29(35)24-4-1-2-5-24/h6-13,24,28H,1-5,14-22H2,(H,31,35). The monoisotopic (exact) mass is 478 g/mol. The molecule has 1 aliphatic carbocycles. The topological polar surface area (TPSA) is 38.8 Å². The van der Waals surface area contributed by atoms with Gasteiger partial charge in [0.25, 0.3) is 0 Å². The van der Waals surface area contributed by atoms with Crippen LogP contribution in [-0.4, -0.2) is 61.0 Å². The molecule has 0 unspecified atom stereocenters. The number of hydrogen-bond donors (Lipinski definition) is 1. The third-order valence-electron chi connectivity index (χ3n) is 8.15. The number of piperidine rings is 1. The molecule has 0 atom stereocenters. The Morgan fingerprint density at radius 2 is 1.51 bits per heavy atom. The first-order valence-electron chi connectivity index (χ1n) is 13.5. The number of rotatable bonds is 6. The highest BCUT2D eigenvalue weighted by Crippen LogP contribution is 2.28. The van der Waals surface area contributed by atoms with Crippen LogP contribution in [0, 0.1) is 11.7 Å². The van der Waals surface area contributed by atoms with Gasteiger partial charge in [0.05, 0.1) is 0 Å². The molecule has 3 aliphatic rings. The summed E-state index contributed by atoms with van der Waals surface area (Å²) in [6.07, 6.45) is 7.99. The number of benzene rings is 2. The summed E-state index contributed by atoms with van der Waals surface area (Å²) in [5.74, 6) is 0.219. The second-order valence-electron chi connectivity index (χ2n) is 10.5. The van der Waals surface area contributed by atoms with Gasteiger partial charge < -0.3 is 10.2 Å². The van der Waals surface area contributed by atoms with E-state index in [0.29, 0.717) is 6.04 Å². The molecule has 35 heavy (non-hydrogen) atoms. The van der Waals surface area contributed by atoms with Crippen LogP contribution >= 0.6 is 0 Å². The molecule has 2 aromatic carbocycles. The average molecular weight is 479 g/mol. The van der Waals surface area contributed by atoms with E-state index < -0.39 is 0 Å². The number of anilines is 2. The minimum atomic E-state index is -0.163. The second-order valence-corrected chi connectivity index (χ2v) is 10.5. The molecule has 2 aromatic rings. The van der Waals surface area contributed by atoms with Gasteiger partial charge in [0, 0.05) is 56.1 Å². The molecule has 0 aromatic heterocycles. The summed E-state index contributed by atoms with van der Waals surface area (Å²) in [7, 11) is 0. The Balaban J connectivity index is 1.07. The van der Waals surface area contributed by atoms with E-state index in [1.54, 1.807) is 12.1 Å². The van der Waals surface area contributed by atoms with Crippen LogP contribution in [0.5, 0.6) is 0 Å².